The van der Waals surface area contributed by atoms with Crippen LogP contribution in [-0.4, -0.2) is 7.11 Å². The summed E-state index contributed by atoms with van der Waals surface area (Å²) >= 11 is 5.96. The Bertz CT molecular complexity index is 568. The number of hydrogen-bond acceptors (Lipinski definition) is 2. The molecule has 2 atom stereocenters. The van der Waals surface area contributed by atoms with Gasteiger partial charge in [0.05, 0.1) is 7.11 Å². The summed E-state index contributed by atoms with van der Waals surface area (Å²) in [7, 11) is 1.69. The number of halogens is 1. The van der Waals surface area contributed by atoms with E-state index < -0.39 is 0 Å². The van der Waals surface area contributed by atoms with Crippen LogP contribution in [0.15, 0.2) is 48.5 Å². The zero-order valence-electron chi connectivity index (χ0n) is 12.8. The Balaban J connectivity index is 2.11. The van der Waals surface area contributed by atoms with E-state index in [9.17, 15) is 0 Å². The summed E-state index contributed by atoms with van der Waals surface area (Å²) < 4.78 is 5.29. The molecule has 0 aromatic heterocycles. The molecule has 0 aliphatic heterocycles. The number of ether oxygens (including phenoxy) is 1. The molecule has 3 heteroatoms. The second-order valence-electron chi connectivity index (χ2n) is 5.18. The van der Waals surface area contributed by atoms with Crippen LogP contribution in [0.4, 0.5) is 0 Å². The second kappa shape index (κ2) is 7.48. The van der Waals surface area contributed by atoms with Crippen molar-refractivity contribution in [2.24, 2.45) is 0 Å². The van der Waals surface area contributed by atoms with Crippen LogP contribution in [0.3, 0.4) is 0 Å². The van der Waals surface area contributed by atoms with E-state index in [2.05, 4.69) is 43.4 Å². The van der Waals surface area contributed by atoms with Crippen LogP contribution in [0.2, 0.25) is 5.02 Å². The van der Waals surface area contributed by atoms with Gasteiger partial charge in [0.2, 0.25) is 0 Å². The summed E-state index contributed by atoms with van der Waals surface area (Å²) in [6.45, 7) is 4.36. The highest BCUT2D eigenvalue weighted by Gasteiger charge is 2.14. The molecule has 0 spiro atoms. The fraction of sp³-hybridized carbons (Fsp3) is 0.333. The highest BCUT2D eigenvalue weighted by Crippen LogP contribution is 2.25. The van der Waals surface area contributed by atoms with Crippen LogP contribution in [-0.2, 0) is 0 Å². The van der Waals surface area contributed by atoms with E-state index in [1.165, 1.54) is 11.1 Å². The van der Waals surface area contributed by atoms with Gasteiger partial charge in [-0.2, -0.15) is 0 Å². The molecule has 0 radical (unpaired) electrons. The third-order valence-electron chi connectivity index (χ3n) is 3.73. The molecule has 2 aromatic rings. The first kappa shape index (κ1) is 15.9. The first-order chi connectivity index (χ1) is 10.1. The Morgan fingerprint density at radius 2 is 1.81 bits per heavy atom. The minimum absolute atomic E-state index is 0.251. The van der Waals surface area contributed by atoms with Crippen LogP contribution < -0.4 is 10.1 Å². The number of methoxy groups -OCH3 is 1. The summed E-state index contributed by atoms with van der Waals surface area (Å²) in [6.07, 6.45) is 1.02. The summed E-state index contributed by atoms with van der Waals surface area (Å²) in [5, 5.41) is 4.44. The van der Waals surface area contributed by atoms with Crippen LogP contribution in [0.25, 0.3) is 0 Å². The lowest BCUT2D eigenvalue weighted by molar-refractivity contribution is 0.411. The van der Waals surface area contributed by atoms with Crippen molar-refractivity contribution in [3.63, 3.8) is 0 Å². The largest absolute Gasteiger partial charge is 0.497 e. The Labute approximate surface area is 132 Å². The molecule has 21 heavy (non-hydrogen) atoms. The lowest BCUT2D eigenvalue weighted by atomic mass is 10.0. The first-order valence-electron chi connectivity index (χ1n) is 7.29. The average molecular weight is 304 g/mol. The van der Waals surface area contributed by atoms with Gasteiger partial charge in [0.1, 0.15) is 5.75 Å². The van der Waals surface area contributed by atoms with Gasteiger partial charge in [-0.15, -0.1) is 0 Å². The maximum atomic E-state index is 5.96. The fourth-order valence-corrected chi connectivity index (χ4v) is 2.58. The predicted octanol–water partition coefficient (Wildman–Crippen LogP) is 5.15. The lowest BCUT2D eigenvalue weighted by Crippen LogP contribution is -2.24. The third-order valence-corrected chi connectivity index (χ3v) is 3.98. The lowest BCUT2D eigenvalue weighted by Gasteiger charge is -2.23. The number of benzene rings is 2. The van der Waals surface area contributed by atoms with E-state index in [0.29, 0.717) is 6.04 Å². The summed E-state index contributed by atoms with van der Waals surface area (Å²) in [6, 6.07) is 16.8. The van der Waals surface area contributed by atoms with Gasteiger partial charge in [0, 0.05) is 17.1 Å². The monoisotopic (exact) mass is 303 g/mol. The smallest absolute Gasteiger partial charge is 0.119 e. The highest BCUT2D eigenvalue weighted by molar-refractivity contribution is 6.30. The van der Waals surface area contributed by atoms with E-state index in [1.807, 2.05) is 24.3 Å². The van der Waals surface area contributed by atoms with Gasteiger partial charge in [-0.3, -0.25) is 0 Å². The summed E-state index contributed by atoms with van der Waals surface area (Å²) in [4.78, 5) is 0. The normalized spacial score (nSPS) is 13.7. The van der Waals surface area contributed by atoms with E-state index in [-0.39, 0.29) is 6.04 Å². The molecular weight excluding hydrogens is 282 g/mol. The molecule has 2 nitrogen and oxygen atoms in total. The molecule has 0 aliphatic rings. The Morgan fingerprint density at radius 3 is 2.43 bits per heavy atom. The molecule has 0 heterocycles. The minimum Gasteiger partial charge on any atom is -0.497 e. The van der Waals surface area contributed by atoms with E-state index in [0.717, 1.165) is 17.2 Å². The van der Waals surface area contributed by atoms with Crippen molar-refractivity contribution in [2.75, 3.05) is 7.11 Å². The van der Waals surface area contributed by atoms with Gasteiger partial charge in [-0.25, -0.2) is 0 Å². The quantitative estimate of drug-likeness (QED) is 0.796. The van der Waals surface area contributed by atoms with Gasteiger partial charge in [0.15, 0.2) is 0 Å². The van der Waals surface area contributed by atoms with Crippen molar-refractivity contribution in [2.45, 2.75) is 32.4 Å². The molecule has 0 bridgehead atoms. The molecule has 0 aliphatic carbocycles. The zero-order chi connectivity index (χ0) is 15.2. The Morgan fingerprint density at radius 1 is 1.10 bits per heavy atom. The molecule has 0 fully saturated rings. The molecule has 2 rings (SSSR count). The van der Waals surface area contributed by atoms with Crippen molar-refractivity contribution in [3.8, 4) is 5.75 Å². The molecule has 0 amide bonds. The molecule has 1 unspecified atom stereocenters. The maximum Gasteiger partial charge on any atom is 0.119 e. The Kier molecular flexibility index (Phi) is 5.66. The molecule has 1 N–H and O–H groups in total. The van der Waals surface area contributed by atoms with Crippen LogP contribution in [0.1, 0.15) is 43.5 Å². The van der Waals surface area contributed by atoms with Gasteiger partial charge < -0.3 is 10.1 Å². The standard InChI is InChI=1S/C18H22ClNO/c1-4-18(14-8-10-16(19)11-9-14)20-13(2)15-6-5-7-17(12-15)21-3/h5-13,18,20H,4H2,1-3H3/t13-,18?/m1/s1. The first-order valence-corrected chi connectivity index (χ1v) is 7.67. The topological polar surface area (TPSA) is 21.3 Å². The van der Waals surface area contributed by atoms with Crippen molar-refractivity contribution >= 4 is 11.6 Å². The number of hydrogen-bond donors (Lipinski definition) is 1. The maximum absolute atomic E-state index is 5.96. The van der Waals surface area contributed by atoms with Crippen molar-refractivity contribution in [1.29, 1.82) is 0 Å². The third kappa shape index (κ3) is 4.23. The minimum atomic E-state index is 0.251. The highest BCUT2D eigenvalue weighted by atomic mass is 35.5. The average Bonchev–Trinajstić information content (AvgIpc) is 2.53. The molecule has 0 saturated heterocycles. The van der Waals surface area contributed by atoms with Crippen LogP contribution in [0, 0.1) is 0 Å². The predicted molar refractivity (Wildman–Crippen MR) is 89.0 cm³/mol. The molecular formula is C18H22ClNO. The molecule has 0 saturated carbocycles. The SMILES string of the molecule is CCC(N[C@H](C)c1cccc(OC)c1)c1ccc(Cl)cc1. The van der Waals surface area contributed by atoms with Crippen LogP contribution in [0.5, 0.6) is 5.75 Å². The van der Waals surface area contributed by atoms with Gasteiger partial charge in [0.25, 0.3) is 0 Å². The second-order valence-corrected chi connectivity index (χ2v) is 5.61. The van der Waals surface area contributed by atoms with E-state index in [1.54, 1.807) is 7.11 Å². The van der Waals surface area contributed by atoms with E-state index in [4.69, 9.17) is 16.3 Å². The van der Waals surface area contributed by atoms with Gasteiger partial charge in [-0.05, 0) is 48.7 Å². The summed E-state index contributed by atoms with van der Waals surface area (Å²) in [5.41, 5.74) is 2.48. The fourth-order valence-electron chi connectivity index (χ4n) is 2.45. The zero-order valence-corrected chi connectivity index (χ0v) is 13.5. The molecule has 112 valence electrons. The van der Waals surface area contributed by atoms with Crippen LogP contribution >= 0.6 is 11.6 Å². The van der Waals surface area contributed by atoms with Crippen molar-refractivity contribution in [1.82, 2.24) is 5.32 Å². The Hall–Kier alpha value is -1.51. The van der Waals surface area contributed by atoms with Crippen molar-refractivity contribution < 1.29 is 4.74 Å². The van der Waals surface area contributed by atoms with E-state index >= 15 is 0 Å². The van der Waals surface area contributed by atoms with Gasteiger partial charge >= 0.3 is 0 Å². The molecule has 2 aromatic carbocycles. The number of rotatable bonds is 6. The number of nitrogens with one attached hydrogen (secondary N) is 1. The van der Waals surface area contributed by atoms with Crippen molar-refractivity contribution in [3.05, 3.63) is 64.7 Å². The summed E-state index contributed by atoms with van der Waals surface area (Å²) in [5.74, 6) is 0.890. The van der Waals surface area contributed by atoms with Gasteiger partial charge in [-0.1, -0.05) is 42.8 Å².